The van der Waals surface area contributed by atoms with E-state index in [0.717, 1.165) is 18.8 Å². The molecule has 2 unspecified atom stereocenters. The van der Waals surface area contributed by atoms with E-state index in [2.05, 4.69) is 6.92 Å². The highest BCUT2D eigenvalue weighted by atomic mass is 16.2. The lowest BCUT2D eigenvalue weighted by Crippen LogP contribution is -2.52. The Morgan fingerprint density at radius 2 is 1.94 bits per heavy atom. The van der Waals surface area contributed by atoms with Gasteiger partial charge >= 0.3 is 0 Å². The predicted molar refractivity (Wildman–Crippen MR) is 71.6 cm³/mol. The minimum atomic E-state index is -0.398. The average Bonchev–Trinajstić information content (AvgIpc) is 2.25. The van der Waals surface area contributed by atoms with Crippen molar-refractivity contribution in [2.75, 3.05) is 7.05 Å². The van der Waals surface area contributed by atoms with E-state index >= 15 is 0 Å². The second-order valence-corrected chi connectivity index (χ2v) is 6.72. The van der Waals surface area contributed by atoms with Crippen molar-refractivity contribution in [3.63, 3.8) is 0 Å². The first-order valence-electron chi connectivity index (χ1n) is 6.75. The minimum Gasteiger partial charge on any atom is -0.341 e. The van der Waals surface area contributed by atoms with Crippen LogP contribution in [0.1, 0.15) is 53.4 Å². The van der Waals surface area contributed by atoms with Crippen molar-refractivity contribution in [1.29, 1.82) is 0 Å². The summed E-state index contributed by atoms with van der Waals surface area (Å²) < 4.78 is 0. The standard InChI is InChI=1S/C14H28N2O/c1-10-7-6-8-11(9-10)16(5)13(17)12(15)14(2,3)4/h10-12H,6-9,15H2,1-5H3/t10?,11?,12-/m1/s1. The third-order valence-corrected chi connectivity index (χ3v) is 4.00. The van der Waals surface area contributed by atoms with Crippen LogP contribution < -0.4 is 5.73 Å². The molecular weight excluding hydrogens is 212 g/mol. The van der Waals surface area contributed by atoms with Crippen LogP contribution in [0.15, 0.2) is 0 Å². The summed E-state index contributed by atoms with van der Waals surface area (Å²) in [5.74, 6) is 0.825. The molecule has 0 aliphatic heterocycles. The Morgan fingerprint density at radius 1 is 1.35 bits per heavy atom. The molecule has 1 fully saturated rings. The molecule has 3 nitrogen and oxygen atoms in total. The van der Waals surface area contributed by atoms with Gasteiger partial charge in [0.2, 0.25) is 5.91 Å². The molecule has 0 aromatic rings. The SMILES string of the molecule is CC1CCCC(N(C)C(=O)[C@@H](N)C(C)(C)C)C1. The lowest BCUT2D eigenvalue weighted by atomic mass is 9.84. The second kappa shape index (κ2) is 5.38. The van der Waals surface area contributed by atoms with Crippen molar-refractivity contribution in [2.24, 2.45) is 17.1 Å². The predicted octanol–water partition coefficient (Wildman–Crippen LogP) is 2.40. The van der Waals surface area contributed by atoms with E-state index in [-0.39, 0.29) is 11.3 Å². The van der Waals surface area contributed by atoms with E-state index < -0.39 is 6.04 Å². The van der Waals surface area contributed by atoms with Gasteiger partial charge in [0.15, 0.2) is 0 Å². The molecule has 2 N–H and O–H groups in total. The van der Waals surface area contributed by atoms with E-state index in [1.807, 2.05) is 32.7 Å². The first-order chi connectivity index (χ1) is 7.73. The Balaban J connectivity index is 2.63. The Bertz CT molecular complexity index is 270. The van der Waals surface area contributed by atoms with Crippen molar-refractivity contribution in [2.45, 2.75) is 65.5 Å². The number of amides is 1. The molecule has 1 saturated carbocycles. The number of hydrogen-bond acceptors (Lipinski definition) is 2. The summed E-state index contributed by atoms with van der Waals surface area (Å²) in [5.41, 5.74) is 5.88. The third-order valence-electron chi connectivity index (χ3n) is 4.00. The van der Waals surface area contributed by atoms with Gasteiger partial charge in [-0.1, -0.05) is 40.5 Å². The van der Waals surface area contributed by atoms with Gasteiger partial charge in [-0.05, 0) is 24.2 Å². The Morgan fingerprint density at radius 3 is 2.41 bits per heavy atom. The Labute approximate surface area is 106 Å². The zero-order valence-corrected chi connectivity index (χ0v) is 12.0. The number of rotatable bonds is 2. The van der Waals surface area contributed by atoms with E-state index in [4.69, 9.17) is 5.73 Å². The molecule has 1 aliphatic carbocycles. The lowest BCUT2D eigenvalue weighted by Gasteiger charge is -2.37. The largest absolute Gasteiger partial charge is 0.341 e. The first-order valence-corrected chi connectivity index (χ1v) is 6.75. The molecular formula is C14H28N2O. The molecule has 0 aromatic carbocycles. The summed E-state index contributed by atoms with van der Waals surface area (Å²) >= 11 is 0. The first kappa shape index (κ1) is 14.5. The average molecular weight is 240 g/mol. The summed E-state index contributed by atoms with van der Waals surface area (Å²) in [4.78, 5) is 14.2. The van der Waals surface area contributed by atoms with Crippen LogP contribution in [0.2, 0.25) is 0 Å². The van der Waals surface area contributed by atoms with E-state index in [1.54, 1.807) is 0 Å². The van der Waals surface area contributed by atoms with Crippen molar-refractivity contribution < 1.29 is 4.79 Å². The van der Waals surface area contributed by atoms with Crippen molar-refractivity contribution >= 4 is 5.91 Å². The highest BCUT2D eigenvalue weighted by molar-refractivity contribution is 5.82. The van der Waals surface area contributed by atoms with Crippen LogP contribution in [0.3, 0.4) is 0 Å². The van der Waals surface area contributed by atoms with Crippen LogP contribution in [-0.2, 0) is 4.79 Å². The highest BCUT2D eigenvalue weighted by Crippen LogP contribution is 2.28. The molecule has 1 rings (SSSR count). The number of carbonyl (C=O) groups is 1. The van der Waals surface area contributed by atoms with Crippen molar-refractivity contribution in [1.82, 2.24) is 4.90 Å². The van der Waals surface area contributed by atoms with Crippen LogP contribution in [0, 0.1) is 11.3 Å². The van der Waals surface area contributed by atoms with E-state index in [1.165, 1.54) is 12.8 Å². The second-order valence-electron chi connectivity index (χ2n) is 6.72. The molecule has 0 saturated heterocycles. The fourth-order valence-corrected chi connectivity index (χ4v) is 2.52. The molecule has 0 radical (unpaired) electrons. The lowest BCUT2D eigenvalue weighted by molar-refractivity contribution is -0.136. The van der Waals surface area contributed by atoms with Crippen molar-refractivity contribution in [3.05, 3.63) is 0 Å². The number of hydrogen-bond donors (Lipinski definition) is 1. The van der Waals surface area contributed by atoms with Crippen LogP contribution >= 0.6 is 0 Å². The number of nitrogens with zero attached hydrogens (tertiary/aromatic N) is 1. The summed E-state index contributed by atoms with van der Waals surface area (Å²) in [6, 6.07) is -0.00983. The summed E-state index contributed by atoms with van der Waals surface area (Å²) in [7, 11) is 1.91. The van der Waals surface area contributed by atoms with Crippen molar-refractivity contribution in [3.8, 4) is 0 Å². The molecule has 3 heteroatoms. The molecule has 100 valence electrons. The van der Waals surface area contributed by atoms with E-state index in [0.29, 0.717) is 6.04 Å². The van der Waals surface area contributed by atoms with Gasteiger partial charge in [-0.3, -0.25) is 4.79 Å². The zero-order valence-electron chi connectivity index (χ0n) is 12.0. The molecule has 1 amide bonds. The zero-order chi connectivity index (χ0) is 13.2. The highest BCUT2D eigenvalue weighted by Gasteiger charge is 2.33. The summed E-state index contributed by atoms with van der Waals surface area (Å²) in [6.07, 6.45) is 4.78. The fraction of sp³-hybridized carbons (Fsp3) is 0.929. The Hall–Kier alpha value is -0.570. The quantitative estimate of drug-likeness (QED) is 0.805. The van der Waals surface area contributed by atoms with Gasteiger partial charge < -0.3 is 10.6 Å². The number of carbonyl (C=O) groups excluding carboxylic acids is 1. The minimum absolute atomic E-state index is 0.0941. The molecule has 0 aromatic heterocycles. The number of likely N-dealkylation sites (N-methyl/N-ethyl adjacent to an activating group) is 1. The van der Waals surface area contributed by atoms with Gasteiger partial charge in [-0.25, -0.2) is 0 Å². The van der Waals surface area contributed by atoms with Crippen LogP contribution in [0.5, 0.6) is 0 Å². The monoisotopic (exact) mass is 240 g/mol. The summed E-state index contributed by atoms with van der Waals surface area (Å²) in [6.45, 7) is 8.33. The summed E-state index contributed by atoms with van der Waals surface area (Å²) in [5, 5.41) is 0. The maximum Gasteiger partial charge on any atom is 0.240 e. The molecule has 3 atom stereocenters. The molecule has 0 spiro atoms. The maximum atomic E-state index is 12.3. The Kier molecular flexibility index (Phi) is 4.59. The van der Waals surface area contributed by atoms with Crippen LogP contribution in [0.4, 0.5) is 0 Å². The fourth-order valence-electron chi connectivity index (χ4n) is 2.52. The van der Waals surface area contributed by atoms with Gasteiger partial charge in [-0.2, -0.15) is 0 Å². The smallest absolute Gasteiger partial charge is 0.240 e. The van der Waals surface area contributed by atoms with Gasteiger partial charge in [0.1, 0.15) is 0 Å². The van der Waals surface area contributed by atoms with Gasteiger partial charge in [0.25, 0.3) is 0 Å². The normalized spacial score (nSPS) is 27.6. The van der Waals surface area contributed by atoms with Crippen LogP contribution in [0.25, 0.3) is 0 Å². The molecule has 0 heterocycles. The number of nitrogens with two attached hydrogens (primary N) is 1. The van der Waals surface area contributed by atoms with Crippen LogP contribution in [-0.4, -0.2) is 29.9 Å². The molecule has 17 heavy (non-hydrogen) atoms. The van der Waals surface area contributed by atoms with Gasteiger partial charge in [0.05, 0.1) is 6.04 Å². The van der Waals surface area contributed by atoms with Gasteiger partial charge in [0, 0.05) is 13.1 Å². The van der Waals surface area contributed by atoms with E-state index in [9.17, 15) is 4.79 Å². The maximum absolute atomic E-state index is 12.3. The molecule has 1 aliphatic rings. The molecule has 0 bridgehead atoms. The third kappa shape index (κ3) is 3.70. The topological polar surface area (TPSA) is 46.3 Å². The van der Waals surface area contributed by atoms with Gasteiger partial charge in [-0.15, -0.1) is 0 Å².